The molecule has 10 nitrogen and oxygen atoms in total. The lowest BCUT2D eigenvalue weighted by Crippen LogP contribution is -2.29. The van der Waals surface area contributed by atoms with E-state index in [1.54, 1.807) is 0 Å². The van der Waals surface area contributed by atoms with Crippen LogP contribution in [0.3, 0.4) is 0 Å². The van der Waals surface area contributed by atoms with Gasteiger partial charge in [-0.15, -0.1) is 0 Å². The Morgan fingerprint density at radius 1 is 1.30 bits per heavy atom. The number of carbonyl (C=O) groups excluding carboxylic acids is 1. The van der Waals surface area contributed by atoms with Crippen molar-refractivity contribution in [2.45, 2.75) is 43.7 Å². The molecular weight excluding hydrogens is 401 g/mol. The second-order valence-electron chi connectivity index (χ2n) is 6.19. The van der Waals surface area contributed by atoms with Gasteiger partial charge < -0.3 is 19.7 Å². The Morgan fingerprint density at radius 2 is 2.00 bits per heavy atom. The zero-order chi connectivity index (χ0) is 19.9. The van der Waals surface area contributed by atoms with E-state index in [0.717, 1.165) is 16.4 Å². The zero-order valence-electron chi connectivity index (χ0n) is 15.5. The van der Waals surface area contributed by atoms with Crippen molar-refractivity contribution in [3.63, 3.8) is 0 Å². The SMILES string of the molecule is CON(C)C(=O)CCS[P@@](=O)(OC[C@H]1OCC[C@H]1O)O[C@@H]1CCO[C@@H]1CO. The van der Waals surface area contributed by atoms with Crippen LogP contribution in [-0.2, 0) is 32.7 Å². The number of aliphatic hydroxyl groups is 2. The van der Waals surface area contributed by atoms with Crippen LogP contribution in [0.5, 0.6) is 0 Å². The summed E-state index contributed by atoms with van der Waals surface area (Å²) in [7, 11) is 2.87. The van der Waals surface area contributed by atoms with Crippen LogP contribution in [0.2, 0.25) is 0 Å². The summed E-state index contributed by atoms with van der Waals surface area (Å²) in [6.45, 7) is -3.21. The van der Waals surface area contributed by atoms with E-state index < -0.39 is 31.2 Å². The number of carbonyl (C=O) groups is 1. The van der Waals surface area contributed by atoms with Crippen molar-refractivity contribution < 1.29 is 42.9 Å². The maximum Gasteiger partial charge on any atom is 0.389 e. The van der Waals surface area contributed by atoms with Crippen molar-refractivity contribution in [3.8, 4) is 0 Å². The third kappa shape index (κ3) is 6.95. The Hall–Kier alpha value is -0.230. The predicted octanol–water partition coefficient (Wildman–Crippen LogP) is 0.570. The number of amides is 1. The molecule has 1 amide bonds. The molecule has 27 heavy (non-hydrogen) atoms. The number of aliphatic hydroxyl groups excluding tert-OH is 2. The summed E-state index contributed by atoms with van der Waals surface area (Å²) in [4.78, 5) is 16.6. The summed E-state index contributed by atoms with van der Waals surface area (Å²) in [5, 5.41) is 20.3. The van der Waals surface area contributed by atoms with Crippen LogP contribution in [0.15, 0.2) is 0 Å². The molecule has 2 heterocycles. The first-order valence-corrected chi connectivity index (χ1v) is 11.9. The molecule has 2 saturated heterocycles. The first-order valence-electron chi connectivity index (χ1n) is 8.79. The molecular formula is C15H28NO9PS. The second kappa shape index (κ2) is 11.1. The maximum absolute atomic E-state index is 13.2. The molecule has 0 aromatic carbocycles. The second-order valence-corrected chi connectivity index (χ2v) is 10.3. The minimum absolute atomic E-state index is 0.0822. The van der Waals surface area contributed by atoms with Gasteiger partial charge in [-0.25, -0.2) is 9.63 Å². The van der Waals surface area contributed by atoms with E-state index in [0.29, 0.717) is 26.1 Å². The third-order valence-corrected chi connectivity index (χ3v) is 8.12. The van der Waals surface area contributed by atoms with Crippen LogP contribution in [0.25, 0.3) is 0 Å². The molecule has 2 fully saturated rings. The van der Waals surface area contributed by atoms with Gasteiger partial charge in [0.25, 0.3) is 0 Å². The van der Waals surface area contributed by atoms with Crippen LogP contribution in [0.1, 0.15) is 19.3 Å². The Bertz CT molecular complexity index is 526. The van der Waals surface area contributed by atoms with Crippen molar-refractivity contribution in [1.82, 2.24) is 5.06 Å². The molecule has 0 radical (unpaired) electrons. The summed E-state index contributed by atoms with van der Waals surface area (Å²) in [5.74, 6) is -0.0848. The van der Waals surface area contributed by atoms with E-state index in [4.69, 9.17) is 23.4 Å². The van der Waals surface area contributed by atoms with Gasteiger partial charge in [0, 0.05) is 38.9 Å². The Labute approximate surface area is 162 Å². The quantitative estimate of drug-likeness (QED) is 0.356. The van der Waals surface area contributed by atoms with E-state index >= 15 is 0 Å². The van der Waals surface area contributed by atoms with Crippen molar-refractivity contribution in [1.29, 1.82) is 0 Å². The van der Waals surface area contributed by atoms with E-state index in [-0.39, 0.29) is 31.3 Å². The summed E-state index contributed by atoms with van der Waals surface area (Å²) in [6, 6.07) is 0. The minimum atomic E-state index is -3.67. The largest absolute Gasteiger partial charge is 0.394 e. The molecule has 12 heteroatoms. The van der Waals surface area contributed by atoms with E-state index in [1.165, 1.54) is 14.2 Å². The van der Waals surface area contributed by atoms with Crippen LogP contribution in [0, 0.1) is 0 Å². The number of nitrogens with zero attached hydrogens (tertiary/aromatic N) is 1. The van der Waals surface area contributed by atoms with Crippen molar-refractivity contribution in [2.24, 2.45) is 0 Å². The summed E-state index contributed by atoms with van der Waals surface area (Å²) >= 11 is 0.898. The Balaban J connectivity index is 1.93. The molecule has 5 atom stereocenters. The average Bonchev–Trinajstić information content (AvgIpc) is 3.27. The van der Waals surface area contributed by atoms with Gasteiger partial charge in [-0.3, -0.25) is 18.7 Å². The molecule has 0 spiro atoms. The van der Waals surface area contributed by atoms with Gasteiger partial charge in [-0.2, -0.15) is 0 Å². The summed E-state index contributed by atoms with van der Waals surface area (Å²) < 4.78 is 35.1. The highest BCUT2D eigenvalue weighted by molar-refractivity contribution is 8.55. The zero-order valence-corrected chi connectivity index (χ0v) is 17.2. The number of hydrogen-bond acceptors (Lipinski definition) is 10. The fraction of sp³-hybridized carbons (Fsp3) is 0.933. The van der Waals surface area contributed by atoms with E-state index in [9.17, 15) is 19.6 Å². The molecule has 158 valence electrons. The van der Waals surface area contributed by atoms with Gasteiger partial charge in [0.05, 0.1) is 32.5 Å². The Kier molecular flexibility index (Phi) is 9.46. The van der Waals surface area contributed by atoms with Crippen molar-refractivity contribution in [3.05, 3.63) is 0 Å². The molecule has 0 unspecified atom stereocenters. The topological polar surface area (TPSA) is 124 Å². The van der Waals surface area contributed by atoms with Crippen LogP contribution in [0.4, 0.5) is 0 Å². The molecule has 2 aliphatic rings. The predicted molar refractivity (Wildman–Crippen MR) is 97.1 cm³/mol. The van der Waals surface area contributed by atoms with Gasteiger partial charge in [-0.05, 0) is 17.8 Å². The standard InChI is InChI=1S/C15H28NO9PS/c1-16(21-2)15(19)5-8-27-26(20,24-10-14-11(18)3-6-23-14)25-12-4-7-22-13(12)9-17/h11-14,17-18H,3-10H2,1-2H3/t11-,12-,13-,14-,26+/m1/s1. The molecule has 2 aliphatic heterocycles. The fourth-order valence-electron chi connectivity index (χ4n) is 2.65. The number of hydroxylamine groups is 2. The maximum atomic E-state index is 13.2. The van der Waals surface area contributed by atoms with E-state index in [1.807, 2.05) is 0 Å². The first-order chi connectivity index (χ1) is 12.9. The lowest BCUT2D eigenvalue weighted by molar-refractivity contribution is -0.168. The highest BCUT2D eigenvalue weighted by Crippen LogP contribution is 2.62. The Morgan fingerprint density at radius 3 is 2.63 bits per heavy atom. The van der Waals surface area contributed by atoms with Gasteiger partial charge in [-0.1, -0.05) is 0 Å². The van der Waals surface area contributed by atoms with Gasteiger partial charge >= 0.3 is 6.80 Å². The summed E-state index contributed by atoms with van der Waals surface area (Å²) in [6.07, 6.45) is -1.34. The fourth-order valence-corrected chi connectivity index (χ4v) is 6.10. The molecule has 0 saturated carbocycles. The average molecular weight is 429 g/mol. The molecule has 2 rings (SSSR count). The molecule has 0 aromatic heterocycles. The normalized spacial score (nSPS) is 30.4. The van der Waals surface area contributed by atoms with Crippen LogP contribution < -0.4 is 0 Å². The lowest BCUT2D eigenvalue weighted by Gasteiger charge is -2.25. The molecule has 0 bridgehead atoms. The monoisotopic (exact) mass is 429 g/mol. The number of rotatable bonds is 11. The number of hydrogen-bond donors (Lipinski definition) is 2. The molecule has 0 aromatic rings. The molecule has 2 N–H and O–H groups in total. The lowest BCUT2D eigenvalue weighted by atomic mass is 10.2. The summed E-state index contributed by atoms with van der Waals surface area (Å²) in [5.41, 5.74) is 0. The van der Waals surface area contributed by atoms with Crippen molar-refractivity contribution in [2.75, 3.05) is 46.3 Å². The van der Waals surface area contributed by atoms with Gasteiger partial charge in [0.1, 0.15) is 12.2 Å². The highest BCUT2D eigenvalue weighted by Gasteiger charge is 2.39. The van der Waals surface area contributed by atoms with Crippen LogP contribution in [-0.4, -0.2) is 91.9 Å². The minimum Gasteiger partial charge on any atom is -0.394 e. The highest BCUT2D eigenvalue weighted by atomic mass is 32.7. The van der Waals surface area contributed by atoms with E-state index in [2.05, 4.69) is 0 Å². The van der Waals surface area contributed by atoms with Crippen molar-refractivity contribution >= 4 is 24.1 Å². The van der Waals surface area contributed by atoms with Gasteiger partial charge in [0.2, 0.25) is 5.91 Å². The first kappa shape index (κ1) is 23.1. The smallest absolute Gasteiger partial charge is 0.389 e. The number of ether oxygens (including phenoxy) is 2. The van der Waals surface area contributed by atoms with Crippen LogP contribution >= 0.6 is 18.2 Å². The molecule has 0 aliphatic carbocycles. The third-order valence-electron chi connectivity index (χ3n) is 4.36. The van der Waals surface area contributed by atoms with Gasteiger partial charge in [0.15, 0.2) is 0 Å².